The number of aromatic nitrogens is 1. The molecule has 0 spiro atoms. The van der Waals surface area contributed by atoms with Crippen LogP contribution in [-0.4, -0.2) is 43.2 Å². The molecule has 1 unspecified atom stereocenters. The van der Waals surface area contributed by atoms with E-state index in [1.165, 1.54) is 0 Å². The average Bonchev–Trinajstić information content (AvgIpc) is 2.66. The molecule has 0 aromatic carbocycles. The third-order valence-electron chi connectivity index (χ3n) is 3.20. The Bertz CT molecular complexity index is 353. The first-order chi connectivity index (χ1) is 8.19. The molecule has 2 heterocycles. The highest BCUT2D eigenvalue weighted by atomic mass is 16.5. The summed E-state index contributed by atoms with van der Waals surface area (Å²) in [5.74, 6) is 1.24. The number of methoxy groups -OCH3 is 1. The highest BCUT2D eigenvalue weighted by Crippen LogP contribution is 2.19. The Morgan fingerprint density at radius 3 is 2.76 bits per heavy atom. The predicted molar refractivity (Wildman–Crippen MR) is 66.0 cm³/mol. The van der Waals surface area contributed by atoms with E-state index in [-0.39, 0.29) is 0 Å². The molecule has 0 aliphatic carbocycles. The summed E-state index contributed by atoms with van der Waals surface area (Å²) in [4.78, 5) is 6.47. The maximum atomic E-state index is 5.92. The molecule has 94 valence electrons. The highest BCUT2D eigenvalue weighted by molar-refractivity contribution is 5.17. The number of ether oxygens (including phenoxy) is 2. The van der Waals surface area contributed by atoms with Crippen molar-refractivity contribution in [1.29, 1.82) is 0 Å². The van der Waals surface area contributed by atoms with Gasteiger partial charge in [0.25, 0.3) is 0 Å². The van der Waals surface area contributed by atoms with Crippen molar-refractivity contribution in [3.8, 4) is 5.88 Å². The summed E-state index contributed by atoms with van der Waals surface area (Å²) in [5, 5.41) is 0. The summed E-state index contributed by atoms with van der Waals surface area (Å²) < 4.78 is 10.9. The van der Waals surface area contributed by atoms with Crippen molar-refractivity contribution in [3.05, 3.63) is 23.9 Å². The summed E-state index contributed by atoms with van der Waals surface area (Å²) >= 11 is 0. The number of hydrogen-bond donors (Lipinski definition) is 0. The van der Waals surface area contributed by atoms with E-state index in [9.17, 15) is 0 Å². The summed E-state index contributed by atoms with van der Waals surface area (Å²) in [5.41, 5.74) is 1.09. The molecule has 4 heteroatoms. The largest absolute Gasteiger partial charge is 0.481 e. The number of pyridine rings is 1. The van der Waals surface area contributed by atoms with Crippen LogP contribution >= 0.6 is 0 Å². The quantitative estimate of drug-likeness (QED) is 0.794. The Morgan fingerprint density at radius 2 is 2.24 bits per heavy atom. The van der Waals surface area contributed by atoms with Gasteiger partial charge in [0.15, 0.2) is 0 Å². The van der Waals surface area contributed by atoms with Crippen molar-refractivity contribution in [1.82, 2.24) is 9.88 Å². The number of likely N-dealkylation sites (N-methyl/N-ethyl adjacent to an activating group) is 1. The fraction of sp³-hybridized carbons (Fsp3) is 0.615. The van der Waals surface area contributed by atoms with Gasteiger partial charge in [-0.25, -0.2) is 4.98 Å². The van der Waals surface area contributed by atoms with Crippen LogP contribution in [0.1, 0.15) is 12.5 Å². The second-order valence-electron chi connectivity index (χ2n) is 4.76. The van der Waals surface area contributed by atoms with E-state index in [0.29, 0.717) is 24.5 Å². The van der Waals surface area contributed by atoms with Gasteiger partial charge in [0.2, 0.25) is 5.88 Å². The van der Waals surface area contributed by atoms with Crippen molar-refractivity contribution in [2.75, 3.05) is 27.2 Å². The molecule has 4 nitrogen and oxygen atoms in total. The predicted octanol–water partition coefficient (Wildman–Crippen LogP) is 1.56. The lowest BCUT2D eigenvalue weighted by Gasteiger charge is -2.15. The molecule has 17 heavy (non-hydrogen) atoms. The zero-order chi connectivity index (χ0) is 12.3. The van der Waals surface area contributed by atoms with Gasteiger partial charge in [-0.05, 0) is 24.6 Å². The highest BCUT2D eigenvalue weighted by Gasteiger charge is 2.27. The van der Waals surface area contributed by atoms with Gasteiger partial charge in [-0.3, -0.25) is 0 Å². The van der Waals surface area contributed by atoms with E-state index in [4.69, 9.17) is 9.47 Å². The smallest absolute Gasteiger partial charge is 0.212 e. The molecule has 2 rings (SSSR count). The Hall–Kier alpha value is -1.13. The van der Waals surface area contributed by atoms with Crippen LogP contribution in [0, 0.1) is 5.92 Å². The summed E-state index contributed by atoms with van der Waals surface area (Å²) in [6.45, 7) is 5.00. The van der Waals surface area contributed by atoms with E-state index in [1.54, 1.807) is 7.11 Å². The van der Waals surface area contributed by atoms with Crippen LogP contribution in [0.5, 0.6) is 5.88 Å². The van der Waals surface area contributed by atoms with Crippen LogP contribution in [0.15, 0.2) is 18.3 Å². The zero-order valence-corrected chi connectivity index (χ0v) is 10.7. The standard InChI is InChI=1S/C13H20N2O2/c1-10-7-15(2)8-12(10)17-9-11-4-5-13(16-3)14-6-11/h4-6,10,12H,7-9H2,1-3H3/t10?,12-/m0/s1. The van der Waals surface area contributed by atoms with E-state index in [1.807, 2.05) is 18.3 Å². The molecule has 0 N–H and O–H groups in total. The van der Waals surface area contributed by atoms with Crippen LogP contribution in [0.25, 0.3) is 0 Å². The van der Waals surface area contributed by atoms with Crippen molar-refractivity contribution < 1.29 is 9.47 Å². The topological polar surface area (TPSA) is 34.6 Å². The van der Waals surface area contributed by atoms with Crippen molar-refractivity contribution in [3.63, 3.8) is 0 Å². The van der Waals surface area contributed by atoms with Crippen molar-refractivity contribution in [2.24, 2.45) is 5.92 Å². The van der Waals surface area contributed by atoms with E-state index < -0.39 is 0 Å². The third kappa shape index (κ3) is 3.17. The van der Waals surface area contributed by atoms with E-state index in [2.05, 4.69) is 23.9 Å². The first-order valence-electron chi connectivity index (χ1n) is 5.98. The molecule has 1 saturated heterocycles. The van der Waals surface area contributed by atoms with Gasteiger partial charge in [-0.1, -0.05) is 6.92 Å². The minimum absolute atomic E-state index is 0.335. The van der Waals surface area contributed by atoms with Gasteiger partial charge in [-0.2, -0.15) is 0 Å². The molecule has 0 radical (unpaired) electrons. The van der Waals surface area contributed by atoms with Gasteiger partial charge < -0.3 is 14.4 Å². The first-order valence-corrected chi connectivity index (χ1v) is 5.98. The lowest BCUT2D eigenvalue weighted by Crippen LogP contribution is -2.21. The lowest BCUT2D eigenvalue weighted by atomic mass is 10.1. The molecule has 1 aliphatic rings. The number of likely N-dealkylation sites (tertiary alicyclic amines) is 1. The Kier molecular flexibility index (Phi) is 3.97. The Morgan fingerprint density at radius 1 is 1.41 bits per heavy atom. The molecule has 1 aromatic heterocycles. The van der Waals surface area contributed by atoms with Gasteiger partial charge in [0.1, 0.15) is 0 Å². The number of nitrogens with zero attached hydrogens (tertiary/aromatic N) is 2. The maximum absolute atomic E-state index is 5.92. The van der Waals surface area contributed by atoms with Gasteiger partial charge in [-0.15, -0.1) is 0 Å². The van der Waals surface area contributed by atoms with Crippen LogP contribution in [0.3, 0.4) is 0 Å². The van der Waals surface area contributed by atoms with Crippen molar-refractivity contribution in [2.45, 2.75) is 19.6 Å². The minimum Gasteiger partial charge on any atom is -0.481 e. The summed E-state index contributed by atoms with van der Waals surface area (Å²) in [7, 11) is 3.75. The van der Waals surface area contributed by atoms with Gasteiger partial charge in [0, 0.05) is 25.4 Å². The average molecular weight is 236 g/mol. The Labute approximate surface area is 103 Å². The third-order valence-corrected chi connectivity index (χ3v) is 3.20. The number of hydrogen-bond acceptors (Lipinski definition) is 4. The Balaban J connectivity index is 1.85. The van der Waals surface area contributed by atoms with E-state index >= 15 is 0 Å². The second kappa shape index (κ2) is 5.47. The van der Waals surface area contributed by atoms with E-state index in [0.717, 1.165) is 18.7 Å². The molecule has 0 amide bonds. The van der Waals surface area contributed by atoms with Crippen molar-refractivity contribution >= 4 is 0 Å². The molecule has 0 saturated carbocycles. The molecule has 1 fully saturated rings. The normalized spacial score (nSPS) is 25.1. The van der Waals surface area contributed by atoms with Crippen LogP contribution in [0.2, 0.25) is 0 Å². The fourth-order valence-electron chi connectivity index (χ4n) is 2.21. The molecule has 1 aliphatic heterocycles. The maximum Gasteiger partial charge on any atom is 0.212 e. The van der Waals surface area contributed by atoms with Crippen LogP contribution < -0.4 is 4.74 Å². The molecule has 1 aromatic rings. The molecule has 0 bridgehead atoms. The molecular weight excluding hydrogens is 216 g/mol. The first kappa shape index (κ1) is 12.3. The minimum atomic E-state index is 0.335. The summed E-state index contributed by atoms with van der Waals surface area (Å²) in [6.07, 6.45) is 2.14. The monoisotopic (exact) mass is 236 g/mol. The molecular formula is C13H20N2O2. The second-order valence-corrected chi connectivity index (χ2v) is 4.76. The zero-order valence-electron chi connectivity index (χ0n) is 10.7. The van der Waals surface area contributed by atoms with Crippen LogP contribution in [0.4, 0.5) is 0 Å². The van der Waals surface area contributed by atoms with Gasteiger partial charge in [0.05, 0.1) is 19.8 Å². The molecule has 2 atom stereocenters. The van der Waals surface area contributed by atoms with Crippen LogP contribution in [-0.2, 0) is 11.3 Å². The fourth-order valence-corrected chi connectivity index (χ4v) is 2.21. The lowest BCUT2D eigenvalue weighted by molar-refractivity contribution is 0.0269. The summed E-state index contributed by atoms with van der Waals surface area (Å²) in [6, 6.07) is 3.86. The number of rotatable bonds is 4. The van der Waals surface area contributed by atoms with Gasteiger partial charge >= 0.3 is 0 Å². The SMILES string of the molecule is COc1ccc(CO[C@H]2CN(C)CC2C)cn1.